The predicted molar refractivity (Wildman–Crippen MR) is 82.1 cm³/mol. The maximum Gasteiger partial charge on any atom is 0.0314 e. The van der Waals surface area contributed by atoms with Gasteiger partial charge in [0, 0.05) is 29.3 Å². The summed E-state index contributed by atoms with van der Waals surface area (Å²) in [6.45, 7) is 7.18. The normalized spacial score (nSPS) is 25.2. The summed E-state index contributed by atoms with van der Waals surface area (Å²) >= 11 is 2.11. The van der Waals surface area contributed by atoms with E-state index in [9.17, 15) is 0 Å². The van der Waals surface area contributed by atoms with Gasteiger partial charge in [-0.1, -0.05) is 19.1 Å². The van der Waals surface area contributed by atoms with E-state index in [2.05, 4.69) is 42.6 Å². The summed E-state index contributed by atoms with van der Waals surface area (Å²) in [7, 11) is 0. The van der Waals surface area contributed by atoms with E-state index in [-0.39, 0.29) is 0 Å². The Labute approximate surface area is 115 Å². The molecule has 1 aliphatic heterocycles. The fourth-order valence-corrected chi connectivity index (χ4v) is 3.64. The van der Waals surface area contributed by atoms with Crippen LogP contribution in [0.3, 0.4) is 0 Å². The van der Waals surface area contributed by atoms with Crippen LogP contribution in [0.15, 0.2) is 24.3 Å². The Balaban J connectivity index is 1.76. The quantitative estimate of drug-likeness (QED) is 0.848. The number of aryl methyl sites for hydroxylation is 1. The van der Waals surface area contributed by atoms with Crippen molar-refractivity contribution in [1.82, 2.24) is 4.90 Å². The first-order valence-electron chi connectivity index (χ1n) is 6.87. The van der Waals surface area contributed by atoms with Gasteiger partial charge in [0.1, 0.15) is 0 Å². The molecule has 1 aromatic rings. The first-order valence-corrected chi connectivity index (χ1v) is 7.92. The van der Waals surface area contributed by atoms with Crippen LogP contribution < -0.4 is 5.73 Å². The van der Waals surface area contributed by atoms with Crippen molar-refractivity contribution in [3.8, 4) is 0 Å². The minimum absolute atomic E-state index is 0.718. The lowest BCUT2D eigenvalue weighted by molar-refractivity contribution is 0.211. The van der Waals surface area contributed by atoms with Gasteiger partial charge < -0.3 is 5.73 Å². The van der Waals surface area contributed by atoms with Gasteiger partial charge in [0.25, 0.3) is 0 Å². The molecule has 1 aromatic carbocycles. The number of hydrogen-bond acceptors (Lipinski definition) is 3. The Hall–Kier alpha value is -0.670. The molecule has 0 aromatic heterocycles. The van der Waals surface area contributed by atoms with E-state index >= 15 is 0 Å². The lowest BCUT2D eigenvalue weighted by Gasteiger charge is -2.37. The second-order valence-corrected chi connectivity index (χ2v) is 6.68. The number of nitrogens with two attached hydrogens (primary N) is 1. The molecule has 2 rings (SSSR count). The summed E-state index contributed by atoms with van der Waals surface area (Å²) in [6.07, 6.45) is 2.40. The summed E-state index contributed by atoms with van der Waals surface area (Å²) in [6, 6.07) is 9.01. The van der Waals surface area contributed by atoms with Gasteiger partial charge in [-0.25, -0.2) is 0 Å². The second kappa shape index (κ2) is 6.48. The van der Waals surface area contributed by atoms with Crippen LogP contribution in [-0.4, -0.2) is 35.0 Å². The van der Waals surface area contributed by atoms with Gasteiger partial charge in [-0.05, 0) is 44.0 Å². The van der Waals surface area contributed by atoms with E-state index in [0.29, 0.717) is 0 Å². The van der Waals surface area contributed by atoms with Crippen molar-refractivity contribution in [2.45, 2.75) is 38.0 Å². The summed E-state index contributed by atoms with van der Waals surface area (Å²) in [5.74, 6) is 1.29. The molecule has 1 fully saturated rings. The Morgan fingerprint density at radius 1 is 1.28 bits per heavy atom. The van der Waals surface area contributed by atoms with Gasteiger partial charge in [0.15, 0.2) is 0 Å². The third kappa shape index (κ3) is 3.66. The van der Waals surface area contributed by atoms with E-state index in [1.165, 1.54) is 30.8 Å². The highest BCUT2D eigenvalue weighted by Gasteiger charge is 2.24. The molecule has 0 radical (unpaired) electrons. The van der Waals surface area contributed by atoms with E-state index in [0.717, 1.165) is 23.4 Å². The number of nitrogens with zero attached hydrogens (tertiary/aromatic N) is 1. The fraction of sp³-hybridized carbons (Fsp3) is 0.600. The Kier molecular flexibility index (Phi) is 4.95. The maximum absolute atomic E-state index is 5.70. The van der Waals surface area contributed by atoms with Gasteiger partial charge in [-0.15, -0.1) is 0 Å². The van der Waals surface area contributed by atoms with Crippen LogP contribution in [0.4, 0.5) is 5.69 Å². The van der Waals surface area contributed by atoms with Crippen molar-refractivity contribution in [3.05, 3.63) is 29.8 Å². The van der Waals surface area contributed by atoms with E-state index in [4.69, 9.17) is 5.73 Å². The van der Waals surface area contributed by atoms with E-state index < -0.39 is 0 Å². The Bertz CT molecular complexity index is 363. The zero-order valence-electron chi connectivity index (χ0n) is 11.4. The van der Waals surface area contributed by atoms with Crippen LogP contribution in [0.5, 0.6) is 0 Å². The molecule has 0 saturated carbocycles. The summed E-state index contributed by atoms with van der Waals surface area (Å²) < 4.78 is 0. The molecular formula is C15H24N2S. The molecule has 0 spiro atoms. The van der Waals surface area contributed by atoms with Crippen LogP contribution in [-0.2, 0) is 6.42 Å². The van der Waals surface area contributed by atoms with Crippen LogP contribution in [0, 0.1) is 0 Å². The Morgan fingerprint density at radius 2 is 2.00 bits per heavy atom. The van der Waals surface area contributed by atoms with Gasteiger partial charge in [-0.3, -0.25) is 4.90 Å². The topological polar surface area (TPSA) is 29.3 Å². The first-order chi connectivity index (χ1) is 8.66. The molecule has 2 atom stereocenters. The number of rotatable bonds is 4. The molecule has 18 heavy (non-hydrogen) atoms. The molecule has 3 heteroatoms. The molecule has 0 bridgehead atoms. The molecule has 1 saturated heterocycles. The minimum Gasteiger partial charge on any atom is -0.399 e. The second-order valence-electron chi connectivity index (χ2n) is 5.20. The maximum atomic E-state index is 5.70. The molecular weight excluding hydrogens is 240 g/mol. The number of thioether (sulfide) groups is 1. The molecule has 1 aliphatic rings. The highest BCUT2D eigenvalue weighted by atomic mass is 32.2. The van der Waals surface area contributed by atoms with Crippen molar-refractivity contribution in [1.29, 1.82) is 0 Å². The van der Waals surface area contributed by atoms with Gasteiger partial charge >= 0.3 is 0 Å². The van der Waals surface area contributed by atoms with Gasteiger partial charge in [0.2, 0.25) is 0 Å². The van der Waals surface area contributed by atoms with Crippen molar-refractivity contribution >= 4 is 17.4 Å². The average molecular weight is 264 g/mol. The van der Waals surface area contributed by atoms with Crippen molar-refractivity contribution in [2.75, 3.05) is 24.6 Å². The van der Waals surface area contributed by atoms with E-state index in [1.807, 2.05) is 12.1 Å². The molecule has 2 nitrogen and oxygen atoms in total. The predicted octanol–water partition coefficient (Wildman–Crippen LogP) is 3.03. The SMILES string of the molecule is CC1SCCN(CCCc2ccc(N)cc2)C1C. The van der Waals surface area contributed by atoms with Gasteiger partial charge in [0.05, 0.1) is 0 Å². The third-order valence-electron chi connectivity index (χ3n) is 3.91. The first kappa shape index (κ1) is 13.8. The van der Waals surface area contributed by atoms with Crippen molar-refractivity contribution in [3.63, 3.8) is 0 Å². The Morgan fingerprint density at radius 3 is 2.72 bits per heavy atom. The number of anilines is 1. The number of nitrogen functional groups attached to an aromatic ring is 1. The summed E-state index contributed by atoms with van der Waals surface area (Å²) in [4.78, 5) is 2.64. The lowest BCUT2D eigenvalue weighted by atomic mass is 10.1. The largest absolute Gasteiger partial charge is 0.399 e. The molecule has 0 aliphatic carbocycles. The smallest absolute Gasteiger partial charge is 0.0314 e. The van der Waals surface area contributed by atoms with E-state index in [1.54, 1.807) is 0 Å². The van der Waals surface area contributed by atoms with Crippen molar-refractivity contribution < 1.29 is 0 Å². The number of hydrogen-bond donors (Lipinski definition) is 1. The molecule has 1 heterocycles. The van der Waals surface area contributed by atoms with Crippen LogP contribution in [0.25, 0.3) is 0 Å². The summed E-state index contributed by atoms with van der Waals surface area (Å²) in [5.41, 5.74) is 7.95. The van der Waals surface area contributed by atoms with Gasteiger partial charge in [-0.2, -0.15) is 11.8 Å². The molecule has 100 valence electrons. The lowest BCUT2D eigenvalue weighted by Crippen LogP contribution is -2.45. The van der Waals surface area contributed by atoms with Crippen LogP contribution in [0.2, 0.25) is 0 Å². The van der Waals surface area contributed by atoms with Crippen molar-refractivity contribution in [2.24, 2.45) is 0 Å². The highest BCUT2D eigenvalue weighted by Crippen LogP contribution is 2.24. The highest BCUT2D eigenvalue weighted by molar-refractivity contribution is 8.00. The summed E-state index contributed by atoms with van der Waals surface area (Å²) in [5, 5.41) is 0.773. The average Bonchev–Trinajstić information content (AvgIpc) is 2.37. The zero-order chi connectivity index (χ0) is 13.0. The standard InChI is InChI=1S/C15H24N2S/c1-12-13(2)18-11-10-17(12)9-3-4-14-5-7-15(16)8-6-14/h5-8,12-13H,3-4,9-11,16H2,1-2H3. The molecule has 2 unspecified atom stereocenters. The minimum atomic E-state index is 0.718. The van der Waals surface area contributed by atoms with Crippen LogP contribution in [0.1, 0.15) is 25.8 Å². The third-order valence-corrected chi connectivity index (χ3v) is 5.24. The number of benzene rings is 1. The fourth-order valence-electron chi connectivity index (χ4n) is 2.48. The molecule has 0 amide bonds. The van der Waals surface area contributed by atoms with Crippen LogP contribution >= 0.6 is 11.8 Å². The zero-order valence-corrected chi connectivity index (χ0v) is 12.2. The monoisotopic (exact) mass is 264 g/mol. The molecule has 2 N–H and O–H groups in total.